The number of nitrogens with one attached hydrogen (secondary N) is 1. The maximum Gasteiger partial charge on any atom is 0.322 e. The second-order valence-electron chi connectivity index (χ2n) is 7.20. The van der Waals surface area contributed by atoms with Crippen molar-refractivity contribution in [1.29, 1.82) is 0 Å². The van der Waals surface area contributed by atoms with Crippen molar-refractivity contribution in [2.75, 3.05) is 32.1 Å². The molecule has 1 aliphatic rings. The largest absolute Gasteiger partial charge is 0.497 e. The van der Waals surface area contributed by atoms with Crippen LogP contribution < -0.4 is 10.1 Å². The number of piperidine rings is 1. The SMILES string of the molecule is CCN1CCC(N(Cc2ccc(OC)cc2)C(=O)Nc2ccc(Br)cc2F)CC1. The van der Waals surface area contributed by atoms with Gasteiger partial charge in [-0.15, -0.1) is 0 Å². The summed E-state index contributed by atoms with van der Waals surface area (Å²) in [5, 5.41) is 2.76. The first-order chi connectivity index (χ1) is 14.0. The highest BCUT2D eigenvalue weighted by atomic mass is 79.9. The summed E-state index contributed by atoms with van der Waals surface area (Å²) < 4.78 is 20.1. The Balaban J connectivity index is 1.77. The van der Waals surface area contributed by atoms with Crippen LogP contribution in [0.15, 0.2) is 46.9 Å². The fourth-order valence-electron chi connectivity index (χ4n) is 3.62. The summed E-state index contributed by atoms with van der Waals surface area (Å²) in [6, 6.07) is 12.2. The molecule has 7 heteroatoms. The highest BCUT2D eigenvalue weighted by Gasteiger charge is 2.28. The lowest BCUT2D eigenvalue weighted by Crippen LogP contribution is -2.48. The van der Waals surface area contributed by atoms with Gasteiger partial charge in [0.2, 0.25) is 0 Å². The molecule has 0 aliphatic carbocycles. The van der Waals surface area contributed by atoms with E-state index in [2.05, 4.69) is 33.1 Å². The number of nitrogens with zero attached hydrogens (tertiary/aromatic N) is 2. The molecule has 0 unspecified atom stereocenters. The highest BCUT2D eigenvalue weighted by molar-refractivity contribution is 9.10. The molecule has 0 saturated carbocycles. The van der Waals surface area contributed by atoms with Crippen molar-refractivity contribution < 1.29 is 13.9 Å². The number of carbonyl (C=O) groups is 1. The van der Waals surface area contributed by atoms with Gasteiger partial charge in [0.05, 0.1) is 12.8 Å². The minimum atomic E-state index is -0.460. The van der Waals surface area contributed by atoms with E-state index in [1.165, 1.54) is 6.07 Å². The standard InChI is InChI=1S/C22H27BrFN3O2/c1-3-26-12-10-18(11-13-26)27(15-16-4-7-19(29-2)8-5-16)22(28)25-21-9-6-17(23)14-20(21)24/h4-9,14,18H,3,10-13,15H2,1-2H3,(H,25,28). The van der Waals surface area contributed by atoms with Gasteiger partial charge in [-0.05, 0) is 55.3 Å². The van der Waals surface area contributed by atoms with Crippen LogP contribution in [0.5, 0.6) is 5.75 Å². The van der Waals surface area contributed by atoms with Crippen LogP contribution in [0.1, 0.15) is 25.3 Å². The van der Waals surface area contributed by atoms with Gasteiger partial charge in [0, 0.05) is 30.1 Å². The number of ether oxygens (including phenoxy) is 1. The normalized spacial score (nSPS) is 15.2. The van der Waals surface area contributed by atoms with E-state index in [4.69, 9.17) is 4.74 Å². The van der Waals surface area contributed by atoms with Crippen molar-refractivity contribution in [2.45, 2.75) is 32.4 Å². The fraction of sp³-hybridized carbons (Fsp3) is 0.409. The van der Waals surface area contributed by atoms with Gasteiger partial charge in [-0.3, -0.25) is 0 Å². The third-order valence-electron chi connectivity index (χ3n) is 5.39. The third kappa shape index (κ3) is 5.70. The minimum Gasteiger partial charge on any atom is -0.497 e. The zero-order valence-corrected chi connectivity index (χ0v) is 18.4. The predicted octanol–water partition coefficient (Wildman–Crippen LogP) is 5.12. The molecule has 3 rings (SSSR count). The van der Waals surface area contributed by atoms with Gasteiger partial charge in [-0.25, -0.2) is 9.18 Å². The first-order valence-corrected chi connectivity index (χ1v) is 10.7. The summed E-state index contributed by atoms with van der Waals surface area (Å²) in [6.07, 6.45) is 1.81. The van der Waals surface area contributed by atoms with Crippen LogP contribution in [-0.2, 0) is 6.54 Å². The lowest BCUT2D eigenvalue weighted by molar-refractivity contribution is 0.126. The third-order valence-corrected chi connectivity index (χ3v) is 5.88. The summed E-state index contributed by atoms with van der Waals surface area (Å²) >= 11 is 3.24. The monoisotopic (exact) mass is 463 g/mol. The molecule has 2 amide bonds. The Morgan fingerprint density at radius 1 is 1.24 bits per heavy atom. The molecular weight excluding hydrogens is 437 g/mol. The fourth-order valence-corrected chi connectivity index (χ4v) is 3.95. The molecule has 0 bridgehead atoms. The Hall–Kier alpha value is -2.12. The van der Waals surface area contributed by atoms with Gasteiger partial charge in [-0.2, -0.15) is 0 Å². The second-order valence-corrected chi connectivity index (χ2v) is 8.11. The molecule has 0 aromatic heterocycles. The number of halogens is 2. The summed E-state index contributed by atoms with van der Waals surface area (Å²) in [5.74, 6) is 0.316. The molecule has 0 spiro atoms. The van der Waals surface area contributed by atoms with Gasteiger partial charge in [-0.1, -0.05) is 35.0 Å². The number of carbonyl (C=O) groups excluding carboxylic acids is 1. The molecule has 1 N–H and O–H groups in total. The van der Waals surface area contributed by atoms with Crippen LogP contribution in [0.3, 0.4) is 0 Å². The average Bonchev–Trinajstić information content (AvgIpc) is 2.74. The number of methoxy groups -OCH3 is 1. The number of benzene rings is 2. The van der Waals surface area contributed by atoms with Gasteiger partial charge < -0.3 is 19.9 Å². The van der Waals surface area contributed by atoms with Gasteiger partial charge in [0.1, 0.15) is 11.6 Å². The van der Waals surface area contributed by atoms with E-state index >= 15 is 0 Å². The van der Waals surface area contributed by atoms with E-state index in [0.717, 1.165) is 43.8 Å². The number of anilines is 1. The lowest BCUT2D eigenvalue weighted by Gasteiger charge is -2.38. The van der Waals surface area contributed by atoms with E-state index in [0.29, 0.717) is 11.0 Å². The zero-order valence-electron chi connectivity index (χ0n) is 16.8. The molecule has 5 nitrogen and oxygen atoms in total. The van der Waals surface area contributed by atoms with E-state index in [-0.39, 0.29) is 17.8 Å². The average molecular weight is 464 g/mol. The van der Waals surface area contributed by atoms with Crippen LogP contribution in [0.25, 0.3) is 0 Å². The molecule has 1 aliphatic heterocycles. The minimum absolute atomic E-state index is 0.110. The van der Waals surface area contributed by atoms with Crippen LogP contribution in [0.2, 0.25) is 0 Å². The van der Waals surface area contributed by atoms with Crippen molar-refractivity contribution >= 4 is 27.6 Å². The lowest BCUT2D eigenvalue weighted by atomic mass is 10.0. The van der Waals surface area contributed by atoms with Crippen molar-refractivity contribution in [3.63, 3.8) is 0 Å². The van der Waals surface area contributed by atoms with E-state index < -0.39 is 5.82 Å². The molecule has 0 radical (unpaired) electrons. The van der Waals surface area contributed by atoms with E-state index in [9.17, 15) is 9.18 Å². The van der Waals surface area contributed by atoms with E-state index in [1.807, 2.05) is 29.2 Å². The molecule has 156 valence electrons. The van der Waals surface area contributed by atoms with Crippen LogP contribution in [-0.4, -0.2) is 48.6 Å². The van der Waals surface area contributed by atoms with Gasteiger partial charge >= 0.3 is 6.03 Å². The van der Waals surface area contributed by atoms with Gasteiger partial charge in [0.25, 0.3) is 0 Å². The maximum atomic E-state index is 14.2. The summed E-state index contributed by atoms with van der Waals surface area (Å²) in [7, 11) is 1.63. The Bertz CT molecular complexity index is 823. The topological polar surface area (TPSA) is 44.8 Å². The first-order valence-electron chi connectivity index (χ1n) is 9.88. The molecule has 2 aromatic carbocycles. The summed E-state index contributed by atoms with van der Waals surface area (Å²) in [6.45, 7) is 5.55. The second kappa shape index (κ2) is 10.1. The molecule has 0 atom stereocenters. The van der Waals surface area contributed by atoms with Crippen LogP contribution in [0, 0.1) is 5.82 Å². The molecule has 1 fully saturated rings. The Kier molecular flexibility index (Phi) is 7.50. The Morgan fingerprint density at radius 2 is 1.93 bits per heavy atom. The number of rotatable bonds is 6. The predicted molar refractivity (Wildman–Crippen MR) is 117 cm³/mol. The molecular formula is C22H27BrFN3O2. The van der Waals surface area contributed by atoms with Gasteiger partial charge in [0.15, 0.2) is 0 Å². The Labute approximate surface area is 180 Å². The number of hydrogen-bond acceptors (Lipinski definition) is 3. The zero-order chi connectivity index (χ0) is 20.8. The number of amides is 2. The number of likely N-dealkylation sites (tertiary alicyclic amines) is 1. The summed E-state index contributed by atoms with van der Waals surface area (Å²) in [4.78, 5) is 17.3. The quantitative estimate of drug-likeness (QED) is 0.646. The maximum absolute atomic E-state index is 14.2. The molecule has 1 heterocycles. The highest BCUT2D eigenvalue weighted by Crippen LogP contribution is 2.24. The smallest absolute Gasteiger partial charge is 0.322 e. The number of hydrogen-bond donors (Lipinski definition) is 1. The van der Waals surface area contributed by atoms with E-state index in [1.54, 1.807) is 19.2 Å². The van der Waals surface area contributed by atoms with Crippen molar-refractivity contribution in [3.05, 3.63) is 58.3 Å². The van der Waals surface area contributed by atoms with Crippen LogP contribution >= 0.6 is 15.9 Å². The summed E-state index contributed by atoms with van der Waals surface area (Å²) in [5.41, 5.74) is 1.19. The molecule has 2 aromatic rings. The Morgan fingerprint density at radius 3 is 2.52 bits per heavy atom. The van der Waals surface area contributed by atoms with Crippen molar-refractivity contribution in [3.8, 4) is 5.75 Å². The molecule has 1 saturated heterocycles. The van der Waals surface area contributed by atoms with Crippen molar-refractivity contribution in [2.24, 2.45) is 0 Å². The first kappa shape index (κ1) is 21.6. The molecule has 29 heavy (non-hydrogen) atoms. The van der Waals surface area contributed by atoms with Crippen LogP contribution in [0.4, 0.5) is 14.9 Å². The van der Waals surface area contributed by atoms with Crippen molar-refractivity contribution in [1.82, 2.24) is 9.80 Å². The number of urea groups is 1.